The molecule has 5 N–H and O–H groups in total. The summed E-state index contributed by atoms with van der Waals surface area (Å²) in [5, 5.41) is 33.7. The quantitative estimate of drug-likeness (QED) is 0.229. The van der Waals surface area contributed by atoms with Crippen molar-refractivity contribution in [3.8, 4) is 0 Å². The van der Waals surface area contributed by atoms with Gasteiger partial charge >= 0.3 is 17.9 Å². The molecule has 8 heteroatoms. The summed E-state index contributed by atoms with van der Waals surface area (Å²) in [6, 6.07) is 10.8. The fourth-order valence-electron chi connectivity index (χ4n) is 5.31. The molecule has 8 nitrogen and oxygen atoms in total. The molecule has 1 amide bonds. The largest absolute Gasteiger partial charge is 0.478 e. The molecule has 0 aromatic heterocycles. The third-order valence-electron chi connectivity index (χ3n) is 6.64. The van der Waals surface area contributed by atoms with Crippen LogP contribution in [0.5, 0.6) is 0 Å². The molecule has 0 bridgehead atoms. The fraction of sp³-hybridized carbons (Fsp3) is 0.0769. The normalized spacial score (nSPS) is 11.6. The van der Waals surface area contributed by atoms with Gasteiger partial charge in [0.05, 0.1) is 22.3 Å². The zero-order chi connectivity index (χ0) is 24.6. The van der Waals surface area contributed by atoms with E-state index in [1.54, 1.807) is 26.0 Å². The second-order valence-electron chi connectivity index (χ2n) is 8.24. The maximum absolute atomic E-state index is 12.7. The van der Waals surface area contributed by atoms with E-state index in [0.29, 0.717) is 21.9 Å². The molecular weight excluding hydrogens is 438 g/mol. The summed E-state index contributed by atoms with van der Waals surface area (Å²) in [6.07, 6.45) is 0. The highest BCUT2D eigenvalue weighted by molar-refractivity contribution is 6.41. The Bertz CT molecular complexity index is 1780. The second kappa shape index (κ2) is 6.89. The van der Waals surface area contributed by atoms with Crippen molar-refractivity contribution in [2.24, 2.45) is 5.73 Å². The lowest BCUT2D eigenvalue weighted by Crippen LogP contribution is -2.22. The predicted octanol–water partition coefficient (Wildman–Crippen LogP) is 4.55. The number of carbonyl (C=O) groups is 4. The Morgan fingerprint density at radius 2 is 1.12 bits per heavy atom. The van der Waals surface area contributed by atoms with Crippen LogP contribution in [0.4, 0.5) is 0 Å². The van der Waals surface area contributed by atoms with Crippen molar-refractivity contribution < 1.29 is 34.5 Å². The zero-order valence-corrected chi connectivity index (χ0v) is 18.0. The van der Waals surface area contributed by atoms with E-state index >= 15 is 0 Å². The average Bonchev–Trinajstić information content (AvgIpc) is 2.77. The molecule has 0 unspecified atom stereocenters. The van der Waals surface area contributed by atoms with E-state index in [4.69, 9.17) is 5.73 Å². The molecule has 0 aliphatic heterocycles. The number of benzene rings is 5. The molecule has 168 valence electrons. The number of hydrogen-bond acceptors (Lipinski definition) is 4. The molecular formula is C26H17NO7. The van der Waals surface area contributed by atoms with Gasteiger partial charge in [-0.15, -0.1) is 0 Å². The summed E-state index contributed by atoms with van der Waals surface area (Å²) in [6.45, 7) is 3.28. The number of carbonyl (C=O) groups excluding carboxylic acids is 1. The van der Waals surface area contributed by atoms with Gasteiger partial charge in [0.1, 0.15) is 0 Å². The minimum atomic E-state index is -1.69. The molecule has 0 heterocycles. The van der Waals surface area contributed by atoms with Crippen molar-refractivity contribution in [1.29, 1.82) is 0 Å². The number of nitrogens with two attached hydrogens (primary N) is 1. The van der Waals surface area contributed by atoms with E-state index in [-0.39, 0.29) is 21.7 Å². The summed E-state index contributed by atoms with van der Waals surface area (Å²) >= 11 is 0. The van der Waals surface area contributed by atoms with Crippen molar-refractivity contribution in [1.82, 2.24) is 0 Å². The van der Waals surface area contributed by atoms with E-state index in [0.717, 1.165) is 16.2 Å². The van der Waals surface area contributed by atoms with Gasteiger partial charge in [0.15, 0.2) is 0 Å². The molecule has 0 saturated heterocycles. The number of carboxylic acid groups (broad SMARTS) is 3. The number of amides is 1. The van der Waals surface area contributed by atoms with Gasteiger partial charge in [-0.25, -0.2) is 14.4 Å². The Morgan fingerprint density at radius 3 is 1.62 bits per heavy atom. The van der Waals surface area contributed by atoms with E-state index in [2.05, 4.69) is 0 Å². The SMILES string of the molecule is Cc1c(C(=O)O)c2c(C(=O)O)c(C(=O)O)c(C(N)=O)c3c4cccc5cccc(c(c1C)c23)c54. The minimum absolute atomic E-state index is 0.134. The Morgan fingerprint density at radius 1 is 0.588 bits per heavy atom. The van der Waals surface area contributed by atoms with Crippen molar-refractivity contribution in [3.63, 3.8) is 0 Å². The Kier molecular flexibility index (Phi) is 4.28. The highest BCUT2D eigenvalue weighted by atomic mass is 16.4. The van der Waals surface area contributed by atoms with Crippen LogP contribution in [0.15, 0.2) is 36.4 Å². The van der Waals surface area contributed by atoms with Gasteiger partial charge in [0.2, 0.25) is 5.91 Å². The Balaban J connectivity index is 2.40. The lowest BCUT2D eigenvalue weighted by molar-refractivity contribution is 0.0650. The molecule has 34 heavy (non-hydrogen) atoms. The van der Waals surface area contributed by atoms with Gasteiger partial charge in [-0.05, 0) is 51.9 Å². The van der Waals surface area contributed by atoms with Gasteiger partial charge in [0, 0.05) is 16.2 Å². The third kappa shape index (κ3) is 2.47. The fourth-order valence-corrected chi connectivity index (χ4v) is 5.31. The van der Waals surface area contributed by atoms with Crippen LogP contribution in [-0.2, 0) is 0 Å². The van der Waals surface area contributed by atoms with Crippen molar-refractivity contribution in [3.05, 3.63) is 69.8 Å². The number of hydrogen-bond donors (Lipinski definition) is 4. The molecule has 5 rings (SSSR count). The summed E-state index contributed by atoms with van der Waals surface area (Å²) in [4.78, 5) is 49.9. The number of carboxylic acids is 3. The summed E-state index contributed by atoms with van der Waals surface area (Å²) in [5.74, 6) is -5.87. The first-order chi connectivity index (χ1) is 16.1. The molecule has 5 aromatic carbocycles. The topological polar surface area (TPSA) is 155 Å². The highest BCUT2D eigenvalue weighted by Gasteiger charge is 2.34. The number of rotatable bonds is 4. The van der Waals surface area contributed by atoms with Crippen molar-refractivity contribution >= 4 is 66.9 Å². The number of aryl methyl sites for hydroxylation is 1. The van der Waals surface area contributed by atoms with Crippen LogP contribution in [0.25, 0.3) is 43.1 Å². The molecule has 0 fully saturated rings. The Hall–Kier alpha value is -4.72. The maximum atomic E-state index is 12.7. The average molecular weight is 455 g/mol. The van der Waals surface area contributed by atoms with Gasteiger partial charge in [-0.1, -0.05) is 36.4 Å². The molecule has 0 radical (unpaired) electrons. The molecule has 0 aliphatic carbocycles. The maximum Gasteiger partial charge on any atom is 0.337 e. The molecule has 5 aromatic rings. The lowest BCUT2D eigenvalue weighted by atomic mass is 9.78. The molecule has 0 atom stereocenters. The molecule has 0 saturated carbocycles. The minimum Gasteiger partial charge on any atom is -0.478 e. The molecule has 0 spiro atoms. The number of aromatic carboxylic acids is 3. The second-order valence-corrected chi connectivity index (χ2v) is 8.24. The van der Waals surface area contributed by atoms with E-state index < -0.39 is 40.5 Å². The van der Waals surface area contributed by atoms with Crippen LogP contribution in [0.1, 0.15) is 52.6 Å². The Labute approximate surface area is 191 Å². The van der Waals surface area contributed by atoms with Crippen LogP contribution in [0, 0.1) is 13.8 Å². The predicted molar refractivity (Wildman–Crippen MR) is 127 cm³/mol. The van der Waals surface area contributed by atoms with Crippen molar-refractivity contribution in [2.75, 3.05) is 0 Å². The van der Waals surface area contributed by atoms with Crippen LogP contribution < -0.4 is 5.73 Å². The first kappa shape index (κ1) is 21.1. The summed E-state index contributed by atoms with van der Waals surface area (Å²) < 4.78 is 0. The third-order valence-corrected chi connectivity index (χ3v) is 6.64. The number of primary amides is 1. The smallest absolute Gasteiger partial charge is 0.337 e. The van der Waals surface area contributed by atoms with E-state index in [1.165, 1.54) is 0 Å². The van der Waals surface area contributed by atoms with Crippen LogP contribution in [-0.4, -0.2) is 39.1 Å². The van der Waals surface area contributed by atoms with Gasteiger partial charge in [0.25, 0.3) is 0 Å². The lowest BCUT2D eigenvalue weighted by Gasteiger charge is -2.23. The first-order valence-corrected chi connectivity index (χ1v) is 10.3. The monoisotopic (exact) mass is 455 g/mol. The van der Waals surface area contributed by atoms with Gasteiger partial charge in [-0.3, -0.25) is 4.79 Å². The van der Waals surface area contributed by atoms with Crippen LogP contribution >= 0.6 is 0 Å². The van der Waals surface area contributed by atoms with Gasteiger partial charge < -0.3 is 21.1 Å². The van der Waals surface area contributed by atoms with E-state index in [1.807, 2.05) is 24.3 Å². The van der Waals surface area contributed by atoms with Crippen LogP contribution in [0.2, 0.25) is 0 Å². The van der Waals surface area contributed by atoms with Gasteiger partial charge in [-0.2, -0.15) is 0 Å². The summed E-state index contributed by atoms with van der Waals surface area (Å²) in [7, 11) is 0. The first-order valence-electron chi connectivity index (χ1n) is 10.3. The zero-order valence-electron chi connectivity index (χ0n) is 18.0. The van der Waals surface area contributed by atoms with E-state index in [9.17, 15) is 34.5 Å². The summed E-state index contributed by atoms with van der Waals surface area (Å²) in [5.41, 5.74) is 4.19. The molecule has 0 aliphatic rings. The highest BCUT2D eigenvalue weighted by Crippen LogP contribution is 2.47. The standard InChI is InChI=1S/C26H17NO7/c1-9-10(2)15(24(29)30)19-18-14(9)12-7-3-5-11-6-4-8-13(16(11)12)17(18)20(23(27)28)22(26(33)34)21(19)25(31)32/h3-8H,1-2H3,(H2,27,28)(H,29,30)(H,31,32)(H,33,34). The number of fused-ring (bicyclic) bond motifs is 2. The van der Waals surface area contributed by atoms with Crippen molar-refractivity contribution in [2.45, 2.75) is 13.8 Å². The van der Waals surface area contributed by atoms with Crippen LogP contribution in [0.3, 0.4) is 0 Å².